The summed E-state index contributed by atoms with van der Waals surface area (Å²) in [4.78, 5) is 23.7. The van der Waals surface area contributed by atoms with Crippen molar-refractivity contribution in [1.82, 2.24) is 14.9 Å². The SMILES string of the molecule is Cc1cc(C(=O)N2CCCC(C)C2)nc(Nc2cccc(C)c2C)n1. The summed E-state index contributed by atoms with van der Waals surface area (Å²) < 4.78 is 0. The first-order valence-corrected chi connectivity index (χ1v) is 8.92. The molecular weight excluding hydrogens is 312 g/mol. The van der Waals surface area contributed by atoms with Gasteiger partial charge in [0.2, 0.25) is 5.95 Å². The van der Waals surface area contributed by atoms with Crippen molar-refractivity contribution in [2.75, 3.05) is 18.4 Å². The van der Waals surface area contributed by atoms with E-state index in [0.29, 0.717) is 17.6 Å². The molecule has 1 aliphatic rings. The quantitative estimate of drug-likeness (QED) is 0.918. The molecule has 0 spiro atoms. The highest BCUT2D eigenvalue weighted by atomic mass is 16.2. The minimum Gasteiger partial charge on any atom is -0.337 e. The van der Waals surface area contributed by atoms with Crippen molar-refractivity contribution in [2.24, 2.45) is 5.92 Å². The molecule has 2 aromatic rings. The molecular formula is C20H26N4O. The Kier molecular flexibility index (Phi) is 5.02. The van der Waals surface area contributed by atoms with Crippen molar-refractivity contribution in [3.8, 4) is 0 Å². The van der Waals surface area contributed by atoms with Gasteiger partial charge in [-0.05, 0) is 62.8 Å². The molecule has 1 amide bonds. The van der Waals surface area contributed by atoms with Crippen LogP contribution in [0.15, 0.2) is 24.3 Å². The third-order valence-electron chi connectivity index (χ3n) is 4.87. The Morgan fingerprint density at radius 2 is 2.04 bits per heavy atom. The molecule has 5 nitrogen and oxygen atoms in total. The second-order valence-electron chi connectivity index (χ2n) is 7.09. The van der Waals surface area contributed by atoms with Gasteiger partial charge in [0.15, 0.2) is 0 Å². The van der Waals surface area contributed by atoms with Crippen LogP contribution in [0, 0.1) is 26.7 Å². The summed E-state index contributed by atoms with van der Waals surface area (Å²) in [6.07, 6.45) is 2.25. The molecule has 1 aromatic heterocycles. The number of hydrogen-bond acceptors (Lipinski definition) is 4. The first kappa shape index (κ1) is 17.4. The zero-order valence-corrected chi connectivity index (χ0v) is 15.5. The van der Waals surface area contributed by atoms with Crippen LogP contribution in [-0.4, -0.2) is 33.9 Å². The van der Waals surface area contributed by atoms with Gasteiger partial charge < -0.3 is 10.2 Å². The van der Waals surface area contributed by atoms with Crippen molar-refractivity contribution in [2.45, 2.75) is 40.5 Å². The van der Waals surface area contributed by atoms with Crippen molar-refractivity contribution >= 4 is 17.5 Å². The van der Waals surface area contributed by atoms with E-state index < -0.39 is 0 Å². The average Bonchev–Trinajstić information content (AvgIpc) is 2.58. The fourth-order valence-electron chi connectivity index (χ4n) is 3.28. The molecule has 0 saturated carbocycles. The highest BCUT2D eigenvalue weighted by molar-refractivity contribution is 5.92. The topological polar surface area (TPSA) is 58.1 Å². The van der Waals surface area contributed by atoms with Crippen LogP contribution in [-0.2, 0) is 0 Å². The number of nitrogens with one attached hydrogen (secondary N) is 1. The van der Waals surface area contributed by atoms with Gasteiger partial charge in [-0.3, -0.25) is 4.79 Å². The maximum atomic E-state index is 12.8. The van der Waals surface area contributed by atoms with E-state index in [1.54, 1.807) is 6.07 Å². The Hall–Kier alpha value is -2.43. The largest absolute Gasteiger partial charge is 0.337 e. The van der Waals surface area contributed by atoms with Crippen LogP contribution >= 0.6 is 0 Å². The highest BCUT2D eigenvalue weighted by Gasteiger charge is 2.23. The number of anilines is 2. The summed E-state index contributed by atoms with van der Waals surface area (Å²) >= 11 is 0. The molecule has 5 heteroatoms. The monoisotopic (exact) mass is 338 g/mol. The predicted octanol–water partition coefficient (Wildman–Crippen LogP) is 4.02. The minimum atomic E-state index is 0.000985. The number of nitrogens with zero attached hydrogens (tertiary/aromatic N) is 3. The smallest absolute Gasteiger partial charge is 0.272 e. The molecule has 0 radical (unpaired) electrons. The summed E-state index contributed by atoms with van der Waals surface area (Å²) in [5, 5.41) is 3.27. The number of carbonyl (C=O) groups is 1. The summed E-state index contributed by atoms with van der Waals surface area (Å²) in [5.41, 5.74) is 4.59. The van der Waals surface area contributed by atoms with Crippen LogP contribution in [0.25, 0.3) is 0 Å². The first-order chi connectivity index (χ1) is 11.9. The Morgan fingerprint density at radius 1 is 1.24 bits per heavy atom. The van der Waals surface area contributed by atoms with Gasteiger partial charge in [0.1, 0.15) is 5.69 Å². The van der Waals surface area contributed by atoms with Crippen LogP contribution in [0.5, 0.6) is 0 Å². The van der Waals surface area contributed by atoms with E-state index in [2.05, 4.69) is 42.1 Å². The van der Waals surface area contributed by atoms with E-state index in [1.165, 1.54) is 12.0 Å². The van der Waals surface area contributed by atoms with Crippen LogP contribution < -0.4 is 5.32 Å². The number of carbonyl (C=O) groups excluding carboxylic acids is 1. The minimum absolute atomic E-state index is 0.000985. The number of likely N-dealkylation sites (tertiary alicyclic amines) is 1. The van der Waals surface area contributed by atoms with Gasteiger partial charge >= 0.3 is 0 Å². The van der Waals surface area contributed by atoms with Crippen molar-refractivity contribution in [3.05, 3.63) is 46.8 Å². The normalized spacial score (nSPS) is 17.4. The van der Waals surface area contributed by atoms with E-state index in [1.807, 2.05) is 24.0 Å². The van der Waals surface area contributed by atoms with Crippen molar-refractivity contribution in [3.63, 3.8) is 0 Å². The molecule has 1 aliphatic heterocycles. The second-order valence-corrected chi connectivity index (χ2v) is 7.09. The van der Waals surface area contributed by atoms with E-state index in [0.717, 1.165) is 36.5 Å². The lowest BCUT2D eigenvalue weighted by Crippen LogP contribution is -2.39. The van der Waals surface area contributed by atoms with Crippen LogP contribution in [0.3, 0.4) is 0 Å². The molecule has 132 valence electrons. The summed E-state index contributed by atoms with van der Waals surface area (Å²) in [7, 11) is 0. The molecule has 1 saturated heterocycles. The van der Waals surface area contributed by atoms with Crippen LogP contribution in [0.2, 0.25) is 0 Å². The van der Waals surface area contributed by atoms with E-state index in [-0.39, 0.29) is 5.91 Å². The van der Waals surface area contributed by atoms with Gasteiger partial charge in [-0.25, -0.2) is 9.97 Å². The van der Waals surface area contributed by atoms with Gasteiger partial charge in [0.25, 0.3) is 5.91 Å². The Morgan fingerprint density at radius 3 is 2.80 bits per heavy atom. The number of aromatic nitrogens is 2. The summed E-state index contributed by atoms with van der Waals surface area (Å²) in [6, 6.07) is 7.85. The van der Waals surface area contributed by atoms with Crippen LogP contribution in [0.1, 0.15) is 47.1 Å². The molecule has 1 atom stereocenters. The lowest BCUT2D eigenvalue weighted by Gasteiger charge is -2.30. The lowest BCUT2D eigenvalue weighted by atomic mass is 10.00. The zero-order valence-electron chi connectivity index (χ0n) is 15.5. The van der Waals surface area contributed by atoms with Gasteiger partial charge in [-0.15, -0.1) is 0 Å². The fourth-order valence-corrected chi connectivity index (χ4v) is 3.28. The van der Waals surface area contributed by atoms with Gasteiger partial charge in [-0.1, -0.05) is 19.1 Å². The second kappa shape index (κ2) is 7.21. The number of amides is 1. The highest BCUT2D eigenvalue weighted by Crippen LogP contribution is 2.22. The third kappa shape index (κ3) is 3.98. The Bertz CT molecular complexity index is 787. The molecule has 25 heavy (non-hydrogen) atoms. The maximum absolute atomic E-state index is 12.8. The molecule has 3 rings (SSSR count). The first-order valence-electron chi connectivity index (χ1n) is 8.92. The van der Waals surface area contributed by atoms with Gasteiger partial charge in [-0.2, -0.15) is 0 Å². The fraction of sp³-hybridized carbons (Fsp3) is 0.450. The number of benzene rings is 1. The molecule has 1 unspecified atom stereocenters. The standard InChI is InChI=1S/C20H26N4O/c1-13-7-6-10-24(12-13)19(25)18-11-15(3)21-20(23-18)22-17-9-5-8-14(2)16(17)4/h5,8-9,11,13H,6-7,10,12H2,1-4H3,(H,21,22,23). The molecule has 1 aromatic carbocycles. The molecule has 0 aliphatic carbocycles. The molecule has 2 heterocycles. The van der Waals surface area contributed by atoms with E-state index in [4.69, 9.17) is 0 Å². The number of hydrogen-bond donors (Lipinski definition) is 1. The number of piperidine rings is 1. The molecule has 1 N–H and O–H groups in total. The van der Waals surface area contributed by atoms with Gasteiger partial charge in [0, 0.05) is 24.5 Å². The Balaban J connectivity index is 1.85. The lowest BCUT2D eigenvalue weighted by molar-refractivity contribution is 0.0677. The Labute approximate surface area is 149 Å². The summed E-state index contributed by atoms with van der Waals surface area (Å²) in [6.45, 7) is 9.84. The molecule has 0 bridgehead atoms. The van der Waals surface area contributed by atoms with E-state index >= 15 is 0 Å². The zero-order chi connectivity index (χ0) is 18.0. The summed E-state index contributed by atoms with van der Waals surface area (Å²) in [5.74, 6) is 1.02. The van der Waals surface area contributed by atoms with Crippen LogP contribution in [0.4, 0.5) is 11.6 Å². The van der Waals surface area contributed by atoms with Crippen molar-refractivity contribution < 1.29 is 4.79 Å². The molecule has 1 fully saturated rings. The predicted molar refractivity (Wildman–Crippen MR) is 100 cm³/mol. The average molecular weight is 338 g/mol. The van der Waals surface area contributed by atoms with E-state index in [9.17, 15) is 4.79 Å². The van der Waals surface area contributed by atoms with Crippen molar-refractivity contribution in [1.29, 1.82) is 0 Å². The maximum Gasteiger partial charge on any atom is 0.272 e. The number of aryl methyl sites for hydroxylation is 2. The third-order valence-corrected chi connectivity index (χ3v) is 4.87. The van der Waals surface area contributed by atoms with Gasteiger partial charge in [0.05, 0.1) is 0 Å². The number of rotatable bonds is 3.